The van der Waals surface area contributed by atoms with Gasteiger partial charge in [-0.1, -0.05) is 20.8 Å². The van der Waals surface area contributed by atoms with Crippen molar-refractivity contribution in [2.75, 3.05) is 0 Å². The van der Waals surface area contributed by atoms with Crippen molar-refractivity contribution in [1.82, 2.24) is 0 Å². The second kappa shape index (κ2) is 71.1. The van der Waals surface area contributed by atoms with E-state index in [1.165, 1.54) is 0 Å². The largest absolute Gasteiger partial charge is 4.00 e. The zero-order valence-corrected chi connectivity index (χ0v) is 10.6. The molecule has 0 atom stereocenters. The monoisotopic (exact) mass is 236 g/mol. The Bertz CT molecular complexity index is 14.3. The van der Waals surface area contributed by atoms with Crippen molar-refractivity contribution in [3.05, 3.63) is 20.8 Å². The standard InChI is InChI=1S/3C3H7.H2O.Zr/c3*1-3-2;;/h3*1,3H2,2H3;1H2;/q3*-1;;+4/p-1. The van der Waals surface area contributed by atoms with Crippen molar-refractivity contribution < 1.29 is 31.7 Å². The molecule has 1 nitrogen and oxygen atoms in total. The average molecular weight is 237 g/mol. The maximum Gasteiger partial charge on any atom is 4.00 e. The van der Waals surface area contributed by atoms with Gasteiger partial charge in [-0.2, -0.15) is 19.3 Å². The topological polar surface area (TPSA) is 30.0 Å². The second-order valence-corrected chi connectivity index (χ2v) is 1.50. The van der Waals surface area contributed by atoms with Crippen LogP contribution in [-0.2, 0) is 26.2 Å². The van der Waals surface area contributed by atoms with Crippen molar-refractivity contribution in [2.24, 2.45) is 0 Å². The van der Waals surface area contributed by atoms with E-state index in [4.69, 9.17) is 0 Å². The zero-order chi connectivity index (χ0) is 8.12. The molecule has 11 heavy (non-hydrogen) atoms. The summed E-state index contributed by atoms with van der Waals surface area (Å²) in [5.41, 5.74) is 0. The predicted octanol–water partition coefficient (Wildman–Crippen LogP) is 3.51. The van der Waals surface area contributed by atoms with E-state index in [9.17, 15) is 0 Å². The molecule has 1 N–H and O–H groups in total. The zero-order valence-electron chi connectivity index (χ0n) is 8.19. The summed E-state index contributed by atoms with van der Waals surface area (Å²) in [6.07, 6.45) is 3.00. The van der Waals surface area contributed by atoms with E-state index in [1.54, 1.807) is 0 Å². The minimum absolute atomic E-state index is 0. The molecule has 0 bridgehead atoms. The Labute approximate surface area is 92.4 Å². The summed E-state index contributed by atoms with van der Waals surface area (Å²) in [5.74, 6) is 0. The third-order valence-corrected chi connectivity index (χ3v) is 0. The molecule has 0 heterocycles. The number of hydrogen-bond donors (Lipinski definition) is 0. The van der Waals surface area contributed by atoms with Crippen LogP contribution < -0.4 is 0 Å². The molecule has 0 aromatic heterocycles. The molecule has 0 saturated heterocycles. The van der Waals surface area contributed by atoms with E-state index >= 15 is 0 Å². The van der Waals surface area contributed by atoms with Crippen LogP contribution in [0.5, 0.6) is 0 Å². The van der Waals surface area contributed by atoms with Crippen molar-refractivity contribution in [3.63, 3.8) is 0 Å². The summed E-state index contributed by atoms with van der Waals surface area (Å²) in [7, 11) is 0. The molecule has 0 aliphatic rings. The summed E-state index contributed by atoms with van der Waals surface area (Å²) in [4.78, 5) is 0. The van der Waals surface area contributed by atoms with Crippen LogP contribution in [0.2, 0.25) is 0 Å². The quantitative estimate of drug-likeness (QED) is 0.593. The van der Waals surface area contributed by atoms with Crippen LogP contribution in [0.3, 0.4) is 0 Å². The summed E-state index contributed by atoms with van der Waals surface area (Å²) in [6.45, 7) is 16.5. The molecule has 2 heteroatoms. The molecule has 0 fully saturated rings. The van der Waals surface area contributed by atoms with Crippen LogP contribution in [0, 0.1) is 20.8 Å². The molecule has 0 aliphatic carbocycles. The Morgan fingerprint density at radius 1 is 0.727 bits per heavy atom. The van der Waals surface area contributed by atoms with Gasteiger partial charge < -0.3 is 26.2 Å². The molecule has 0 aliphatic heterocycles. The van der Waals surface area contributed by atoms with Crippen LogP contribution in [-0.4, -0.2) is 5.48 Å². The minimum atomic E-state index is 0. The fraction of sp³-hybridized carbons (Fsp3) is 0.667. The Morgan fingerprint density at radius 2 is 0.727 bits per heavy atom. The molecule has 0 saturated carbocycles. The second-order valence-electron chi connectivity index (χ2n) is 1.50. The van der Waals surface area contributed by atoms with Gasteiger partial charge in [0.05, 0.1) is 0 Å². The first-order chi connectivity index (χ1) is 4.24. The van der Waals surface area contributed by atoms with Gasteiger partial charge in [0.2, 0.25) is 0 Å². The SMILES string of the molecule is [CH2-]CC.[CH2-]CC.[CH2-]CC.[OH-].[Zr+4]. The fourth-order valence-electron chi connectivity index (χ4n) is 0. The smallest absolute Gasteiger partial charge is 0.870 e. The van der Waals surface area contributed by atoms with E-state index in [-0.39, 0.29) is 31.7 Å². The molecule has 0 aromatic carbocycles. The van der Waals surface area contributed by atoms with Crippen molar-refractivity contribution >= 4 is 0 Å². The third kappa shape index (κ3) is 1190. The van der Waals surface area contributed by atoms with Crippen LogP contribution in [0.15, 0.2) is 0 Å². The number of rotatable bonds is 0. The van der Waals surface area contributed by atoms with Gasteiger partial charge >= 0.3 is 26.2 Å². The van der Waals surface area contributed by atoms with E-state index in [0.29, 0.717) is 0 Å². The first-order valence-electron chi connectivity index (χ1n) is 3.62. The molecule has 68 valence electrons. The van der Waals surface area contributed by atoms with Gasteiger partial charge in [0.15, 0.2) is 0 Å². The predicted molar refractivity (Wildman–Crippen MR) is 48.9 cm³/mol. The van der Waals surface area contributed by atoms with Crippen molar-refractivity contribution in [2.45, 2.75) is 40.0 Å². The Balaban J connectivity index is -0.0000000150. The van der Waals surface area contributed by atoms with E-state index in [2.05, 4.69) is 20.8 Å². The number of hydrogen-bond acceptors (Lipinski definition) is 1. The third-order valence-electron chi connectivity index (χ3n) is 0. The summed E-state index contributed by atoms with van der Waals surface area (Å²) < 4.78 is 0. The van der Waals surface area contributed by atoms with Crippen molar-refractivity contribution in [3.8, 4) is 0 Å². The van der Waals surface area contributed by atoms with Gasteiger partial charge in [0.1, 0.15) is 0 Å². The van der Waals surface area contributed by atoms with Crippen molar-refractivity contribution in [1.29, 1.82) is 0 Å². The normalized spacial score (nSPS) is 4.91. The Morgan fingerprint density at radius 3 is 0.727 bits per heavy atom. The molecule has 0 unspecified atom stereocenters. The summed E-state index contributed by atoms with van der Waals surface area (Å²) >= 11 is 0. The Kier molecular flexibility index (Phi) is 192. The van der Waals surface area contributed by atoms with Crippen LogP contribution >= 0.6 is 0 Å². The van der Waals surface area contributed by atoms with Crippen LogP contribution in [0.1, 0.15) is 40.0 Å². The average Bonchev–Trinajstić information content (AvgIpc) is 1.70. The van der Waals surface area contributed by atoms with Gasteiger partial charge in [-0.05, 0) is 0 Å². The van der Waals surface area contributed by atoms with E-state index < -0.39 is 0 Å². The molecular formula is C9H22OZr. The van der Waals surface area contributed by atoms with Gasteiger partial charge in [-0.25, -0.2) is 0 Å². The molecule has 0 aromatic rings. The maximum absolute atomic E-state index is 3.49. The first-order valence-corrected chi connectivity index (χ1v) is 3.62. The molecule has 0 spiro atoms. The fourth-order valence-corrected chi connectivity index (χ4v) is 0. The molecule has 0 rings (SSSR count). The molecule has 0 radical (unpaired) electrons. The van der Waals surface area contributed by atoms with Gasteiger partial charge in [0.25, 0.3) is 0 Å². The summed E-state index contributed by atoms with van der Waals surface area (Å²) in [5, 5.41) is 0. The van der Waals surface area contributed by atoms with Gasteiger partial charge in [-0.15, -0.1) is 0 Å². The molecule has 0 amide bonds. The minimum Gasteiger partial charge on any atom is -0.870 e. The summed E-state index contributed by atoms with van der Waals surface area (Å²) in [6, 6.07) is 0. The van der Waals surface area contributed by atoms with Gasteiger partial charge in [-0.3, -0.25) is 0 Å². The molecular weight excluding hydrogens is 215 g/mol. The van der Waals surface area contributed by atoms with E-state index in [0.717, 1.165) is 19.3 Å². The first kappa shape index (κ1) is 29.7. The van der Waals surface area contributed by atoms with Crippen LogP contribution in [0.25, 0.3) is 0 Å². The maximum atomic E-state index is 3.49. The van der Waals surface area contributed by atoms with E-state index in [1.807, 2.05) is 20.8 Å². The Hall–Kier alpha value is 0.843. The van der Waals surface area contributed by atoms with Crippen LogP contribution in [0.4, 0.5) is 0 Å². The van der Waals surface area contributed by atoms with Gasteiger partial charge in [0, 0.05) is 0 Å².